The van der Waals surface area contributed by atoms with Crippen molar-refractivity contribution < 1.29 is 4.79 Å². The molecule has 1 aromatic rings. The standard InChI is InChI=1S/C10H12BrN3OS/c1-10(2,9(12)16)14-8(15)7-6(11)4-3-5-13-7/h3-5H,1-2H3,(H2,12,16)(H,14,15). The van der Waals surface area contributed by atoms with Crippen LogP contribution in [0.15, 0.2) is 22.8 Å². The van der Waals surface area contributed by atoms with Crippen LogP contribution in [0.25, 0.3) is 0 Å². The number of halogens is 1. The van der Waals surface area contributed by atoms with Crippen LogP contribution in [0.4, 0.5) is 0 Å². The maximum Gasteiger partial charge on any atom is 0.271 e. The Bertz CT molecular complexity index is 434. The van der Waals surface area contributed by atoms with Gasteiger partial charge in [-0.05, 0) is 41.9 Å². The first kappa shape index (κ1) is 13.1. The van der Waals surface area contributed by atoms with E-state index in [1.54, 1.807) is 32.2 Å². The highest BCUT2D eigenvalue weighted by atomic mass is 79.9. The van der Waals surface area contributed by atoms with Gasteiger partial charge in [-0.3, -0.25) is 4.79 Å². The summed E-state index contributed by atoms with van der Waals surface area (Å²) in [6.07, 6.45) is 1.55. The minimum absolute atomic E-state index is 0.230. The Labute approximate surface area is 108 Å². The molecule has 1 aromatic heterocycles. The first-order chi connectivity index (χ1) is 7.34. The minimum Gasteiger partial charge on any atom is -0.391 e. The Kier molecular flexibility index (Phi) is 3.98. The van der Waals surface area contributed by atoms with Gasteiger partial charge in [-0.1, -0.05) is 12.2 Å². The molecule has 1 heterocycles. The number of nitrogens with two attached hydrogens (primary N) is 1. The summed E-state index contributed by atoms with van der Waals surface area (Å²) in [6, 6.07) is 3.48. The molecule has 0 aliphatic carbocycles. The molecule has 6 heteroatoms. The molecule has 0 spiro atoms. The maximum absolute atomic E-state index is 11.9. The van der Waals surface area contributed by atoms with Crippen molar-refractivity contribution in [2.45, 2.75) is 19.4 Å². The number of carbonyl (C=O) groups excluding carboxylic acids is 1. The molecule has 0 atom stereocenters. The van der Waals surface area contributed by atoms with Crippen LogP contribution in [0.2, 0.25) is 0 Å². The van der Waals surface area contributed by atoms with Crippen molar-refractivity contribution in [2.75, 3.05) is 0 Å². The third-order valence-electron chi connectivity index (χ3n) is 2.02. The predicted molar refractivity (Wildman–Crippen MR) is 70.3 cm³/mol. The Morgan fingerprint density at radius 1 is 1.62 bits per heavy atom. The van der Waals surface area contributed by atoms with Crippen molar-refractivity contribution in [1.29, 1.82) is 0 Å². The SMILES string of the molecule is CC(C)(NC(=O)c1ncccc1Br)C(N)=S. The van der Waals surface area contributed by atoms with Crippen LogP contribution in [0.1, 0.15) is 24.3 Å². The summed E-state index contributed by atoms with van der Waals surface area (Å²) < 4.78 is 0.631. The van der Waals surface area contributed by atoms with Crippen LogP contribution in [0.5, 0.6) is 0 Å². The summed E-state index contributed by atoms with van der Waals surface area (Å²) in [6.45, 7) is 3.48. The highest BCUT2D eigenvalue weighted by molar-refractivity contribution is 9.10. The second-order valence-electron chi connectivity index (χ2n) is 3.78. The second kappa shape index (κ2) is 4.88. The van der Waals surface area contributed by atoms with Gasteiger partial charge in [-0.25, -0.2) is 4.98 Å². The third kappa shape index (κ3) is 2.99. The molecule has 86 valence electrons. The minimum atomic E-state index is -0.733. The van der Waals surface area contributed by atoms with Crippen molar-refractivity contribution in [3.05, 3.63) is 28.5 Å². The van der Waals surface area contributed by atoms with Gasteiger partial charge in [0.05, 0.1) is 10.5 Å². The molecule has 0 aliphatic rings. The molecular formula is C10H12BrN3OS. The quantitative estimate of drug-likeness (QED) is 0.833. The molecule has 0 aliphatic heterocycles. The van der Waals surface area contributed by atoms with E-state index in [0.29, 0.717) is 10.2 Å². The van der Waals surface area contributed by atoms with Crippen LogP contribution in [0.3, 0.4) is 0 Å². The van der Waals surface area contributed by atoms with Gasteiger partial charge in [-0.2, -0.15) is 0 Å². The van der Waals surface area contributed by atoms with Gasteiger partial charge in [0.15, 0.2) is 0 Å². The molecule has 0 aromatic carbocycles. The molecular weight excluding hydrogens is 290 g/mol. The zero-order chi connectivity index (χ0) is 12.3. The van der Waals surface area contributed by atoms with E-state index in [1.165, 1.54) is 0 Å². The highest BCUT2D eigenvalue weighted by Crippen LogP contribution is 2.14. The summed E-state index contributed by atoms with van der Waals surface area (Å²) in [5, 5.41) is 2.72. The fraction of sp³-hybridized carbons (Fsp3) is 0.300. The molecule has 3 N–H and O–H groups in total. The van der Waals surface area contributed by atoms with Gasteiger partial charge in [0, 0.05) is 10.7 Å². The predicted octanol–water partition coefficient (Wildman–Crippen LogP) is 1.64. The fourth-order valence-electron chi connectivity index (χ4n) is 0.957. The number of amides is 1. The number of pyridine rings is 1. The van der Waals surface area contributed by atoms with E-state index in [-0.39, 0.29) is 10.9 Å². The number of aromatic nitrogens is 1. The smallest absolute Gasteiger partial charge is 0.271 e. The summed E-state index contributed by atoms with van der Waals surface area (Å²) in [4.78, 5) is 16.1. The lowest BCUT2D eigenvalue weighted by Gasteiger charge is -2.24. The molecule has 0 radical (unpaired) electrons. The van der Waals surface area contributed by atoms with Crippen LogP contribution in [-0.2, 0) is 0 Å². The molecule has 1 rings (SSSR count). The van der Waals surface area contributed by atoms with Gasteiger partial charge in [0.1, 0.15) is 5.69 Å². The summed E-state index contributed by atoms with van der Waals surface area (Å²) in [5.41, 5.74) is 5.10. The number of nitrogens with zero attached hydrogens (tertiary/aromatic N) is 1. The Morgan fingerprint density at radius 3 is 2.75 bits per heavy atom. The molecule has 4 nitrogen and oxygen atoms in total. The van der Waals surface area contributed by atoms with Crippen LogP contribution in [-0.4, -0.2) is 21.4 Å². The van der Waals surface area contributed by atoms with Gasteiger partial charge in [0.2, 0.25) is 0 Å². The Balaban J connectivity index is 2.89. The Hall–Kier alpha value is -1.01. The zero-order valence-corrected chi connectivity index (χ0v) is 11.4. The van der Waals surface area contributed by atoms with Crippen molar-refractivity contribution >= 4 is 39.0 Å². The van der Waals surface area contributed by atoms with Crippen LogP contribution in [0, 0.1) is 0 Å². The first-order valence-electron chi connectivity index (χ1n) is 4.57. The van der Waals surface area contributed by atoms with E-state index in [0.717, 1.165) is 0 Å². The van der Waals surface area contributed by atoms with E-state index >= 15 is 0 Å². The van der Waals surface area contributed by atoms with Gasteiger partial charge in [-0.15, -0.1) is 0 Å². The number of thiocarbonyl (C=S) groups is 1. The topological polar surface area (TPSA) is 68.0 Å². The lowest BCUT2D eigenvalue weighted by Crippen LogP contribution is -2.52. The lowest BCUT2D eigenvalue weighted by atomic mass is 10.1. The van der Waals surface area contributed by atoms with E-state index in [2.05, 4.69) is 26.2 Å². The molecule has 0 saturated heterocycles. The number of rotatable bonds is 3. The first-order valence-corrected chi connectivity index (χ1v) is 5.77. The molecule has 0 saturated carbocycles. The summed E-state index contributed by atoms with van der Waals surface area (Å²) >= 11 is 8.12. The van der Waals surface area contributed by atoms with E-state index < -0.39 is 5.54 Å². The van der Waals surface area contributed by atoms with Crippen molar-refractivity contribution in [1.82, 2.24) is 10.3 Å². The van der Waals surface area contributed by atoms with Crippen molar-refractivity contribution in [3.8, 4) is 0 Å². The van der Waals surface area contributed by atoms with Crippen LogP contribution < -0.4 is 11.1 Å². The third-order valence-corrected chi connectivity index (χ3v) is 3.17. The highest BCUT2D eigenvalue weighted by Gasteiger charge is 2.25. The fourth-order valence-corrected chi connectivity index (χ4v) is 1.44. The lowest BCUT2D eigenvalue weighted by molar-refractivity contribution is 0.0926. The zero-order valence-electron chi connectivity index (χ0n) is 8.95. The average molecular weight is 302 g/mol. The molecule has 0 fully saturated rings. The molecule has 16 heavy (non-hydrogen) atoms. The van der Waals surface area contributed by atoms with Crippen LogP contribution >= 0.6 is 28.1 Å². The van der Waals surface area contributed by atoms with E-state index in [1.807, 2.05) is 0 Å². The normalized spacial score (nSPS) is 10.9. The van der Waals surface area contributed by atoms with Gasteiger partial charge < -0.3 is 11.1 Å². The van der Waals surface area contributed by atoms with E-state index in [9.17, 15) is 4.79 Å². The molecule has 0 unspecified atom stereocenters. The average Bonchev–Trinajstić information content (AvgIpc) is 2.17. The van der Waals surface area contributed by atoms with E-state index in [4.69, 9.17) is 18.0 Å². The number of nitrogens with one attached hydrogen (secondary N) is 1. The number of hydrogen-bond donors (Lipinski definition) is 2. The van der Waals surface area contributed by atoms with Crippen molar-refractivity contribution in [3.63, 3.8) is 0 Å². The number of carbonyl (C=O) groups is 1. The van der Waals surface area contributed by atoms with Gasteiger partial charge in [0.25, 0.3) is 5.91 Å². The summed E-state index contributed by atoms with van der Waals surface area (Å²) in [5.74, 6) is -0.315. The monoisotopic (exact) mass is 301 g/mol. The maximum atomic E-state index is 11.9. The van der Waals surface area contributed by atoms with Crippen molar-refractivity contribution in [2.24, 2.45) is 5.73 Å². The molecule has 0 bridgehead atoms. The largest absolute Gasteiger partial charge is 0.391 e. The number of hydrogen-bond acceptors (Lipinski definition) is 3. The Morgan fingerprint density at radius 2 is 2.25 bits per heavy atom. The van der Waals surface area contributed by atoms with Gasteiger partial charge >= 0.3 is 0 Å². The summed E-state index contributed by atoms with van der Waals surface area (Å²) in [7, 11) is 0. The molecule has 1 amide bonds. The second-order valence-corrected chi connectivity index (χ2v) is 5.07.